The van der Waals surface area contributed by atoms with E-state index >= 15 is 0 Å². The molecule has 4 aliphatic carbocycles. The van der Waals surface area contributed by atoms with Gasteiger partial charge < -0.3 is 0 Å². The normalized spacial score (nSPS) is 27.4. The highest BCUT2D eigenvalue weighted by Crippen LogP contribution is 2.60. The number of hydrogen-bond acceptors (Lipinski definition) is 0. The van der Waals surface area contributed by atoms with Crippen molar-refractivity contribution >= 4 is 10.8 Å². The Hall–Kier alpha value is -2.93. The molecule has 1 nitrogen and oxygen atoms in total. The van der Waals surface area contributed by atoms with Crippen LogP contribution in [0.2, 0.25) is 0 Å². The van der Waals surface area contributed by atoms with Crippen molar-refractivity contribution in [1.29, 1.82) is 0 Å². The third-order valence-corrected chi connectivity index (χ3v) is 9.39. The van der Waals surface area contributed by atoms with E-state index in [0.717, 1.165) is 17.8 Å². The summed E-state index contributed by atoms with van der Waals surface area (Å²) in [6, 6.07) is 27.5. The summed E-state index contributed by atoms with van der Waals surface area (Å²) in [5.41, 5.74) is 8.60. The zero-order chi connectivity index (χ0) is 22.9. The van der Waals surface area contributed by atoms with Crippen LogP contribution in [0.1, 0.15) is 49.7 Å². The van der Waals surface area contributed by atoms with Crippen LogP contribution < -0.4 is 4.57 Å². The van der Waals surface area contributed by atoms with Gasteiger partial charge in [0.1, 0.15) is 7.05 Å². The van der Waals surface area contributed by atoms with E-state index in [1.54, 1.807) is 5.56 Å². The van der Waals surface area contributed by atoms with Crippen LogP contribution in [0.3, 0.4) is 0 Å². The lowest BCUT2D eigenvalue weighted by atomic mass is 9.48. The summed E-state index contributed by atoms with van der Waals surface area (Å²) in [6.45, 7) is 2.24. The molecule has 1 heteroatoms. The summed E-state index contributed by atoms with van der Waals surface area (Å²) in [4.78, 5) is 0. The quantitative estimate of drug-likeness (QED) is 0.284. The molecule has 1 aromatic heterocycles. The number of aromatic nitrogens is 1. The molecule has 0 amide bonds. The Balaban J connectivity index is 1.36. The number of nitrogens with zero attached hydrogens (tertiary/aromatic N) is 1. The second kappa shape index (κ2) is 7.54. The molecule has 4 bridgehead atoms. The van der Waals surface area contributed by atoms with Crippen molar-refractivity contribution in [3.8, 4) is 22.4 Å². The second-order valence-electron chi connectivity index (χ2n) is 11.7. The molecule has 0 aliphatic heterocycles. The van der Waals surface area contributed by atoms with Crippen LogP contribution in [0.25, 0.3) is 33.2 Å². The minimum Gasteiger partial charge on any atom is -0.200 e. The Morgan fingerprint density at radius 1 is 0.735 bits per heavy atom. The van der Waals surface area contributed by atoms with E-state index in [1.165, 1.54) is 77.2 Å². The number of hydrogen-bond donors (Lipinski definition) is 0. The lowest BCUT2D eigenvalue weighted by Crippen LogP contribution is -2.48. The van der Waals surface area contributed by atoms with E-state index in [2.05, 4.69) is 97.5 Å². The molecule has 4 aliphatic rings. The maximum Gasteiger partial charge on any atom is 0.220 e. The average molecular weight is 445 g/mol. The highest BCUT2D eigenvalue weighted by atomic mass is 14.9. The van der Waals surface area contributed by atoms with Crippen molar-refractivity contribution in [2.24, 2.45) is 24.8 Å². The van der Waals surface area contributed by atoms with Crippen LogP contribution in [0, 0.1) is 24.7 Å². The molecule has 3 aromatic carbocycles. The van der Waals surface area contributed by atoms with Crippen LogP contribution in [0.4, 0.5) is 0 Å². The molecule has 4 fully saturated rings. The molecular formula is C33H34N+. The highest BCUT2D eigenvalue weighted by Gasteiger charge is 2.51. The van der Waals surface area contributed by atoms with Crippen molar-refractivity contribution in [3.63, 3.8) is 0 Å². The van der Waals surface area contributed by atoms with Crippen molar-refractivity contribution in [2.45, 2.75) is 50.9 Å². The van der Waals surface area contributed by atoms with Crippen LogP contribution in [0.15, 0.2) is 79.0 Å². The zero-order valence-corrected chi connectivity index (χ0v) is 20.4. The molecule has 170 valence electrons. The Morgan fingerprint density at radius 3 is 2.15 bits per heavy atom. The first-order valence-corrected chi connectivity index (χ1v) is 13.2. The molecule has 0 N–H and O–H groups in total. The topological polar surface area (TPSA) is 3.88 Å². The fraction of sp³-hybridized carbons (Fsp3) is 0.364. The fourth-order valence-corrected chi connectivity index (χ4v) is 8.19. The average Bonchev–Trinajstić information content (AvgIpc) is 2.84. The van der Waals surface area contributed by atoms with E-state index < -0.39 is 0 Å². The smallest absolute Gasteiger partial charge is 0.200 e. The van der Waals surface area contributed by atoms with Gasteiger partial charge in [-0.15, -0.1) is 0 Å². The molecule has 8 rings (SSSR count). The Kier molecular flexibility index (Phi) is 4.53. The van der Waals surface area contributed by atoms with E-state index in [9.17, 15) is 0 Å². The maximum atomic E-state index is 2.56. The summed E-state index contributed by atoms with van der Waals surface area (Å²) < 4.78 is 2.31. The molecule has 0 radical (unpaired) electrons. The Morgan fingerprint density at radius 2 is 1.44 bits per heavy atom. The van der Waals surface area contributed by atoms with Gasteiger partial charge in [0.25, 0.3) is 0 Å². The number of rotatable bonds is 3. The fourth-order valence-electron chi connectivity index (χ4n) is 8.19. The molecule has 0 saturated heterocycles. The lowest BCUT2D eigenvalue weighted by Gasteiger charge is -2.57. The maximum absolute atomic E-state index is 2.56. The molecule has 0 unspecified atom stereocenters. The minimum atomic E-state index is 0.449. The summed E-state index contributed by atoms with van der Waals surface area (Å²) in [5, 5.41) is 2.76. The molecule has 34 heavy (non-hydrogen) atoms. The van der Waals surface area contributed by atoms with Crippen LogP contribution in [-0.2, 0) is 12.5 Å². The van der Waals surface area contributed by atoms with Crippen LogP contribution in [-0.4, -0.2) is 0 Å². The van der Waals surface area contributed by atoms with Gasteiger partial charge in [0.2, 0.25) is 5.69 Å². The highest BCUT2D eigenvalue weighted by molar-refractivity contribution is 5.94. The van der Waals surface area contributed by atoms with E-state index in [-0.39, 0.29) is 0 Å². The van der Waals surface area contributed by atoms with Gasteiger partial charge >= 0.3 is 0 Å². The van der Waals surface area contributed by atoms with E-state index in [1.807, 2.05) is 0 Å². The number of fused-ring (bicyclic) bond motifs is 1. The van der Waals surface area contributed by atoms with E-state index in [0.29, 0.717) is 5.41 Å². The third-order valence-electron chi connectivity index (χ3n) is 9.39. The van der Waals surface area contributed by atoms with Gasteiger partial charge in [0, 0.05) is 6.07 Å². The van der Waals surface area contributed by atoms with Gasteiger partial charge in [0.05, 0.1) is 10.9 Å². The van der Waals surface area contributed by atoms with E-state index in [4.69, 9.17) is 0 Å². The largest absolute Gasteiger partial charge is 0.220 e. The number of pyridine rings is 1. The monoisotopic (exact) mass is 444 g/mol. The summed E-state index contributed by atoms with van der Waals surface area (Å²) >= 11 is 0. The number of benzene rings is 3. The van der Waals surface area contributed by atoms with Gasteiger partial charge in [-0.2, -0.15) is 0 Å². The molecular weight excluding hydrogens is 410 g/mol. The van der Waals surface area contributed by atoms with Gasteiger partial charge in [-0.3, -0.25) is 0 Å². The van der Waals surface area contributed by atoms with Crippen LogP contribution >= 0.6 is 0 Å². The minimum absolute atomic E-state index is 0.449. The predicted molar refractivity (Wildman–Crippen MR) is 141 cm³/mol. The molecule has 0 atom stereocenters. The summed E-state index contributed by atoms with van der Waals surface area (Å²) in [7, 11) is 2.19. The first-order chi connectivity index (χ1) is 16.6. The Labute approximate surface area is 203 Å². The molecule has 4 aromatic rings. The first kappa shape index (κ1) is 20.4. The molecule has 1 heterocycles. The lowest BCUT2D eigenvalue weighted by molar-refractivity contribution is -0.659. The predicted octanol–water partition coefficient (Wildman–Crippen LogP) is 7.77. The number of aryl methyl sites for hydroxylation is 2. The first-order valence-electron chi connectivity index (χ1n) is 13.2. The van der Waals surface area contributed by atoms with Gasteiger partial charge in [0.15, 0.2) is 6.20 Å². The third kappa shape index (κ3) is 3.17. The van der Waals surface area contributed by atoms with Gasteiger partial charge in [-0.1, -0.05) is 54.6 Å². The van der Waals surface area contributed by atoms with Crippen molar-refractivity contribution in [1.82, 2.24) is 0 Å². The van der Waals surface area contributed by atoms with Crippen LogP contribution in [0.5, 0.6) is 0 Å². The molecule has 4 saturated carbocycles. The Bertz CT molecular complexity index is 1360. The summed E-state index contributed by atoms with van der Waals surface area (Å²) in [6.07, 6.45) is 11.1. The van der Waals surface area contributed by atoms with Gasteiger partial charge in [-0.25, -0.2) is 4.57 Å². The van der Waals surface area contributed by atoms with Crippen molar-refractivity contribution in [2.75, 3.05) is 0 Å². The van der Waals surface area contributed by atoms with Crippen molar-refractivity contribution in [3.05, 3.63) is 90.1 Å². The van der Waals surface area contributed by atoms with Crippen molar-refractivity contribution < 1.29 is 4.57 Å². The standard InChI is InChI=1S/C33H34N/c1-22-8-9-27(26-6-4-3-5-7-26)18-31(22)32-30-11-10-29(17-28(30)12-13-34(32)2)33-19-23-14-24(20-33)16-25(15-23)21-33/h3-13,17-18,23-25H,14-16,19-21H2,1-2H3/q+1. The summed E-state index contributed by atoms with van der Waals surface area (Å²) in [5.74, 6) is 2.94. The zero-order valence-electron chi connectivity index (χ0n) is 20.4. The SMILES string of the molecule is Cc1ccc(-c2ccccc2)cc1-c1c2ccc(C34CC5CC(CC(C5)C3)C4)cc2cc[n+]1C. The molecule has 0 spiro atoms. The second-order valence-corrected chi connectivity index (χ2v) is 11.7. The van der Waals surface area contributed by atoms with Gasteiger partial charge in [-0.05, 0) is 108 Å².